The predicted octanol–water partition coefficient (Wildman–Crippen LogP) is 3.79. The van der Waals surface area contributed by atoms with Crippen LogP contribution in [0.25, 0.3) is 6.08 Å². The summed E-state index contributed by atoms with van der Waals surface area (Å²) in [6, 6.07) is 7.93. The van der Waals surface area contributed by atoms with Crippen molar-refractivity contribution in [2.75, 3.05) is 0 Å². The molecule has 112 valence electrons. The molecule has 0 bridgehead atoms. The molecule has 0 spiro atoms. The van der Waals surface area contributed by atoms with Crippen LogP contribution in [0.15, 0.2) is 45.8 Å². The van der Waals surface area contributed by atoms with Crippen molar-refractivity contribution >= 4 is 29.3 Å². The Morgan fingerprint density at radius 2 is 1.91 bits per heavy atom. The van der Waals surface area contributed by atoms with E-state index in [0.29, 0.717) is 11.6 Å². The maximum atomic E-state index is 11.9. The average Bonchev–Trinajstić information content (AvgIpc) is 3.09. The van der Waals surface area contributed by atoms with E-state index in [0.717, 1.165) is 5.56 Å². The number of carbonyl (C=O) groups is 1. The van der Waals surface area contributed by atoms with Crippen molar-refractivity contribution in [1.82, 2.24) is 4.98 Å². The molecule has 0 atom stereocenters. The Kier molecular flexibility index (Phi) is 3.66. The lowest BCUT2D eigenvalue weighted by Crippen LogP contribution is -2.11. The van der Waals surface area contributed by atoms with Crippen LogP contribution in [0.2, 0.25) is 0 Å². The van der Waals surface area contributed by atoms with Crippen molar-refractivity contribution in [2.45, 2.75) is 26.2 Å². The van der Waals surface area contributed by atoms with Gasteiger partial charge in [0.2, 0.25) is 5.90 Å². The van der Waals surface area contributed by atoms with Gasteiger partial charge in [0.1, 0.15) is 0 Å². The molecule has 1 aliphatic heterocycles. The fourth-order valence-electron chi connectivity index (χ4n) is 2.08. The lowest BCUT2D eigenvalue weighted by Gasteiger charge is -2.18. The maximum Gasteiger partial charge on any atom is 0.363 e. The molecule has 0 aliphatic carbocycles. The summed E-state index contributed by atoms with van der Waals surface area (Å²) in [7, 11) is 0. The summed E-state index contributed by atoms with van der Waals surface area (Å²) in [5, 5.41) is 1.85. The van der Waals surface area contributed by atoms with Crippen LogP contribution in [0.5, 0.6) is 0 Å². The van der Waals surface area contributed by atoms with Crippen LogP contribution in [0.1, 0.15) is 37.6 Å². The van der Waals surface area contributed by atoms with Gasteiger partial charge in [0.05, 0.1) is 11.2 Å². The molecule has 0 unspecified atom stereocenters. The molecule has 0 N–H and O–H groups in total. The molecule has 2 heterocycles. The van der Waals surface area contributed by atoms with E-state index in [9.17, 15) is 4.79 Å². The Hall–Kier alpha value is -2.27. The highest BCUT2D eigenvalue weighted by Gasteiger charge is 2.24. The number of benzene rings is 1. The lowest BCUT2D eigenvalue weighted by molar-refractivity contribution is -0.129. The standard InChI is InChI=1S/C17H16N2O2S/c1-17(2,3)12-6-4-11(5-7-12)15-19-14(16(20)21-15)8-13-9-22-10-18-13/h4-10H,1-3H3. The fourth-order valence-corrected chi connectivity index (χ4v) is 2.59. The SMILES string of the molecule is CC(C)(C)c1ccc(C2=NC(=Cc3cscn3)C(=O)O2)cc1. The first-order valence-corrected chi connectivity index (χ1v) is 7.89. The number of hydrogen-bond donors (Lipinski definition) is 0. The summed E-state index contributed by atoms with van der Waals surface area (Å²) in [5.74, 6) is -0.102. The summed E-state index contributed by atoms with van der Waals surface area (Å²) in [4.78, 5) is 20.3. The maximum absolute atomic E-state index is 11.9. The van der Waals surface area contributed by atoms with E-state index in [1.54, 1.807) is 11.6 Å². The summed E-state index contributed by atoms with van der Waals surface area (Å²) in [6.45, 7) is 6.47. The number of ether oxygens (including phenoxy) is 1. The molecule has 2 aromatic rings. The fraction of sp³-hybridized carbons (Fsp3) is 0.235. The summed E-state index contributed by atoms with van der Waals surface area (Å²) in [5.41, 5.74) is 4.80. The van der Waals surface area contributed by atoms with Gasteiger partial charge in [-0.2, -0.15) is 0 Å². The van der Waals surface area contributed by atoms with Crippen molar-refractivity contribution in [1.29, 1.82) is 0 Å². The summed E-state index contributed by atoms with van der Waals surface area (Å²) >= 11 is 1.47. The van der Waals surface area contributed by atoms with Gasteiger partial charge in [0.15, 0.2) is 5.70 Å². The monoisotopic (exact) mass is 312 g/mol. The molecule has 0 saturated heterocycles. The number of thiazole rings is 1. The van der Waals surface area contributed by atoms with Crippen LogP contribution in [0.3, 0.4) is 0 Å². The second-order valence-electron chi connectivity index (χ2n) is 6.08. The van der Waals surface area contributed by atoms with Gasteiger partial charge < -0.3 is 4.74 Å². The number of aromatic nitrogens is 1. The van der Waals surface area contributed by atoms with Crippen molar-refractivity contribution in [2.24, 2.45) is 4.99 Å². The van der Waals surface area contributed by atoms with Crippen LogP contribution in [-0.2, 0) is 14.9 Å². The van der Waals surface area contributed by atoms with E-state index in [4.69, 9.17) is 4.74 Å². The van der Waals surface area contributed by atoms with E-state index in [1.165, 1.54) is 16.9 Å². The van der Waals surface area contributed by atoms with Gasteiger partial charge in [-0.25, -0.2) is 14.8 Å². The minimum absolute atomic E-state index is 0.0857. The molecule has 1 aromatic carbocycles. The first-order chi connectivity index (χ1) is 10.4. The topological polar surface area (TPSA) is 51.5 Å². The van der Waals surface area contributed by atoms with Gasteiger partial charge in [0, 0.05) is 10.9 Å². The van der Waals surface area contributed by atoms with Crippen molar-refractivity contribution in [3.63, 3.8) is 0 Å². The van der Waals surface area contributed by atoms with Crippen molar-refractivity contribution < 1.29 is 9.53 Å². The molecule has 0 fully saturated rings. The molecule has 0 amide bonds. The zero-order valence-corrected chi connectivity index (χ0v) is 13.5. The molecule has 0 radical (unpaired) electrons. The zero-order chi connectivity index (χ0) is 15.7. The minimum Gasteiger partial charge on any atom is -0.402 e. The van der Waals surface area contributed by atoms with Crippen LogP contribution in [0.4, 0.5) is 0 Å². The highest BCUT2D eigenvalue weighted by molar-refractivity contribution is 7.07. The van der Waals surface area contributed by atoms with Crippen molar-refractivity contribution in [3.05, 3.63) is 57.7 Å². The van der Waals surface area contributed by atoms with Crippen LogP contribution >= 0.6 is 11.3 Å². The highest BCUT2D eigenvalue weighted by Crippen LogP contribution is 2.24. The zero-order valence-electron chi connectivity index (χ0n) is 12.7. The van der Waals surface area contributed by atoms with Gasteiger partial charge in [-0.3, -0.25) is 0 Å². The van der Waals surface area contributed by atoms with Gasteiger partial charge in [-0.05, 0) is 29.2 Å². The number of esters is 1. The van der Waals surface area contributed by atoms with Crippen molar-refractivity contribution in [3.8, 4) is 0 Å². The molecule has 1 aromatic heterocycles. The number of aliphatic imine (C=N–C) groups is 1. The minimum atomic E-state index is -0.442. The molecular formula is C17H16N2O2S. The van der Waals surface area contributed by atoms with E-state index in [2.05, 4.69) is 30.7 Å². The number of cyclic esters (lactones) is 1. The molecule has 0 saturated carbocycles. The average molecular weight is 312 g/mol. The second-order valence-corrected chi connectivity index (χ2v) is 6.80. The third-order valence-corrected chi connectivity index (χ3v) is 3.96. The summed E-state index contributed by atoms with van der Waals surface area (Å²) in [6.07, 6.45) is 1.63. The lowest BCUT2D eigenvalue weighted by atomic mass is 9.87. The first kappa shape index (κ1) is 14.7. The Labute approximate surface area is 133 Å². The number of carbonyl (C=O) groups excluding carboxylic acids is 1. The largest absolute Gasteiger partial charge is 0.402 e. The van der Waals surface area contributed by atoms with Crippen LogP contribution in [-0.4, -0.2) is 16.9 Å². The first-order valence-electron chi connectivity index (χ1n) is 6.95. The number of rotatable bonds is 2. The van der Waals surface area contributed by atoms with Gasteiger partial charge in [-0.15, -0.1) is 11.3 Å². The number of nitrogens with zero attached hydrogens (tertiary/aromatic N) is 2. The summed E-state index contributed by atoms with van der Waals surface area (Å²) < 4.78 is 5.25. The molecule has 3 rings (SSSR count). The van der Waals surface area contributed by atoms with E-state index < -0.39 is 5.97 Å². The van der Waals surface area contributed by atoms with Crippen LogP contribution < -0.4 is 0 Å². The van der Waals surface area contributed by atoms with E-state index in [-0.39, 0.29) is 11.1 Å². The van der Waals surface area contributed by atoms with Gasteiger partial charge in [-0.1, -0.05) is 32.9 Å². The third-order valence-electron chi connectivity index (χ3n) is 3.35. The normalized spacial score (nSPS) is 16.8. The molecule has 22 heavy (non-hydrogen) atoms. The Morgan fingerprint density at radius 3 is 2.50 bits per heavy atom. The third kappa shape index (κ3) is 2.99. The van der Waals surface area contributed by atoms with Crippen LogP contribution in [0, 0.1) is 0 Å². The molecule has 1 aliphatic rings. The Bertz CT molecular complexity index is 751. The number of hydrogen-bond acceptors (Lipinski definition) is 5. The smallest absolute Gasteiger partial charge is 0.363 e. The van der Waals surface area contributed by atoms with E-state index >= 15 is 0 Å². The predicted molar refractivity (Wildman–Crippen MR) is 87.9 cm³/mol. The second kappa shape index (κ2) is 5.50. The van der Waals surface area contributed by atoms with Gasteiger partial charge >= 0.3 is 5.97 Å². The Balaban J connectivity index is 1.88. The quantitative estimate of drug-likeness (QED) is 0.626. The molecule has 4 nitrogen and oxygen atoms in total. The molecule has 5 heteroatoms. The van der Waals surface area contributed by atoms with Gasteiger partial charge in [0.25, 0.3) is 0 Å². The highest BCUT2D eigenvalue weighted by atomic mass is 32.1. The Morgan fingerprint density at radius 1 is 1.18 bits per heavy atom. The molecular weight excluding hydrogens is 296 g/mol. The van der Waals surface area contributed by atoms with E-state index in [1.807, 2.05) is 29.6 Å².